The Morgan fingerprint density at radius 3 is 2.44 bits per heavy atom. The van der Waals surface area contributed by atoms with Gasteiger partial charge in [-0.2, -0.15) is 0 Å². The summed E-state index contributed by atoms with van der Waals surface area (Å²) in [4.78, 5) is 14.8. The average Bonchev–Trinajstić information content (AvgIpc) is 2.63. The van der Waals surface area contributed by atoms with Crippen LogP contribution in [0, 0.1) is 0 Å². The van der Waals surface area contributed by atoms with E-state index in [0.29, 0.717) is 18.8 Å². The number of morpholine rings is 1. The van der Waals surface area contributed by atoms with Gasteiger partial charge in [0.15, 0.2) is 0 Å². The van der Waals surface area contributed by atoms with Crippen molar-refractivity contribution in [3.63, 3.8) is 0 Å². The van der Waals surface area contributed by atoms with Crippen LogP contribution in [0.15, 0.2) is 48.5 Å². The number of nitrogens with one attached hydrogen (secondary N) is 1. The Morgan fingerprint density at radius 1 is 1.08 bits per heavy atom. The van der Waals surface area contributed by atoms with E-state index in [1.165, 1.54) is 0 Å². The lowest BCUT2D eigenvalue weighted by molar-refractivity contribution is 0.102. The standard InChI is InChI=1S/C20H24N2O3/c1-15(2)25-17-9-7-16(8-10-17)20(23)21-18-5-3-4-6-19(18)22-11-13-24-14-12-22/h3-10,15H,11-14H2,1-2H3,(H,21,23). The van der Waals surface area contributed by atoms with Gasteiger partial charge in [0.25, 0.3) is 5.91 Å². The van der Waals surface area contributed by atoms with Crippen LogP contribution >= 0.6 is 0 Å². The van der Waals surface area contributed by atoms with Gasteiger partial charge >= 0.3 is 0 Å². The van der Waals surface area contributed by atoms with Gasteiger partial charge in [-0.15, -0.1) is 0 Å². The number of benzene rings is 2. The molecule has 3 rings (SSSR count). The van der Waals surface area contributed by atoms with Crippen LogP contribution in [0.4, 0.5) is 11.4 Å². The summed E-state index contributed by atoms with van der Waals surface area (Å²) < 4.78 is 11.0. The molecule has 2 aromatic carbocycles. The number of carbonyl (C=O) groups excluding carboxylic acids is 1. The molecule has 0 saturated carbocycles. The lowest BCUT2D eigenvalue weighted by Crippen LogP contribution is -2.36. The summed E-state index contributed by atoms with van der Waals surface area (Å²) in [5.41, 5.74) is 2.45. The Morgan fingerprint density at radius 2 is 1.76 bits per heavy atom. The highest BCUT2D eigenvalue weighted by molar-refractivity contribution is 6.06. The van der Waals surface area contributed by atoms with E-state index >= 15 is 0 Å². The number of hydrogen-bond acceptors (Lipinski definition) is 4. The minimum atomic E-state index is -0.128. The molecule has 0 bridgehead atoms. The van der Waals surface area contributed by atoms with Crippen molar-refractivity contribution in [2.75, 3.05) is 36.5 Å². The number of hydrogen-bond donors (Lipinski definition) is 1. The molecule has 1 fully saturated rings. The monoisotopic (exact) mass is 340 g/mol. The third-order valence-electron chi connectivity index (χ3n) is 3.99. The molecule has 0 aliphatic carbocycles. The van der Waals surface area contributed by atoms with E-state index in [2.05, 4.69) is 10.2 Å². The van der Waals surface area contributed by atoms with Crippen molar-refractivity contribution in [1.82, 2.24) is 0 Å². The number of para-hydroxylation sites is 2. The minimum absolute atomic E-state index is 0.111. The Bertz CT molecular complexity index is 707. The van der Waals surface area contributed by atoms with Gasteiger partial charge in [-0.25, -0.2) is 0 Å². The molecule has 1 saturated heterocycles. The zero-order chi connectivity index (χ0) is 17.6. The van der Waals surface area contributed by atoms with Crippen molar-refractivity contribution >= 4 is 17.3 Å². The lowest BCUT2D eigenvalue weighted by Gasteiger charge is -2.30. The molecule has 1 aliphatic heterocycles. The van der Waals surface area contributed by atoms with Crippen molar-refractivity contribution in [2.24, 2.45) is 0 Å². The summed E-state index contributed by atoms with van der Waals surface area (Å²) in [7, 11) is 0. The molecule has 2 aromatic rings. The second-order valence-electron chi connectivity index (χ2n) is 6.26. The van der Waals surface area contributed by atoms with Crippen LogP contribution in [0.5, 0.6) is 5.75 Å². The van der Waals surface area contributed by atoms with Gasteiger partial charge in [0.05, 0.1) is 30.7 Å². The zero-order valence-electron chi connectivity index (χ0n) is 14.7. The Balaban J connectivity index is 1.72. The van der Waals surface area contributed by atoms with Crippen molar-refractivity contribution in [3.05, 3.63) is 54.1 Å². The van der Waals surface area contributed by atoms with Crippen molar-refractivity contribution in [1.29, 1.82) is 0 Å². The first-order valence-electron chi connectivity index (χ1n) is 8.63. The predicted molar refractivity (Wildman–Crippen MR) is 99.6 cm³/mol. The van der Waals surface area contributed by atoms with E-state index in [1.807, 2.05) is 50.2 Å². The first-order valence-corrected chi connectivity index (χ1v) is 8.63. The number of anilines is 2. The molecular weight excluding hydrogens is 316 g/mol. The van der Waals surface area contributed by atoms with Crippen LogP contribution in [-0.4, -0.2) is 38.3 Å². The molecule has 0 unspecified atom stereocenters. The summed E-state index contributed by atoms with van der Waals surface area (Å²) >= 11 is 0. The maximum absolute atomic E-state index is 12.6. The molecule has 25 heavy (non-hydrogen) atoms. The molecule has 1 amide bonds. The summed E-state index contributed by atoms with van der Waals surface area (Å²) in [5, 5.41) is 3.02. The van der Waals surface area contributed by atoms with E-state index in [9.17, 15) is 4.79 Å². The number of amides is 1. The highest BCUT2D eigenvalue weighted by Crippen LogP contribution is 2.27. The molecule has 0 atom stereocenters. The fraction of sp³-hybridized carbons (Fsp3) is 0.350. The maximum Gasteiger partial charge on any atom is 0.255 e. The first kappa shape index (κ1) is 17.3. The van der Waals surface area contributed by atoms with Gasteiger partial charge in [-0.3, -0.25) is 4.79 Å². The van der Waals surface area contributed by atoms with E-state index in [1.54, 1.807) is 12.1 Å². The first-order chi connectivity index (χ1) is 12.1. The number of ether oxygens (including phenoxy) is 2. The normalized spacial score (nSPS) is 14.4. The fourth-order valence-corrected chi connectivity index (χ4v) is 2.81. The van der Waals surface area contributed by atoms with Gasteiger partial charge in [0.2, 0.25) is 0 Å². The molecule has 0 radical (unpaired) electrons. The molecule has 5 nitrogen and oxygen atoms in total. The SMILES string of the molecule is CC(C)Oc1ccc(C(=O)Nc2ccccc2N2CCOCC2)cc1. The average molecular weight is 340 g/mol. The van der Waals surface area contributed by atoms with Crippen LogP contribution in [0.2, 0.25) is 0 Å². The summed E-state index contributed by atoms with van der Waals surface area (Å²) in [6.07, 6.45) is 0.111. The van der Waals surface area contributed by atoms with Crippen LogP contribution in [0.3, 0.4) is 0 Å². The lowest BCUT2D eigenvalue weighted by atomic mass is 10.1. The van der Waals surface area contributed by atoms with Crippen LogP contribution in [0.25, 0.3) is 0 Å². The van der Waals surface area contributed by atoms with Crippen LogP contribution in [0.1, 0.15) is 24.2 Å². The number of carbonyl (C=O) groups is 1. The molecule has 0 aromatic heterocycles. The second kappa shape index (κ2) is 8.03. The smallest absolute Gasteiger partial charge is 0.255 e. The van der Waals surface area contributed by atoms with Crippen molar-refractivity contribution < 1.29 is 14.3 Å². The highest BCUT2D eigenvalue weighted by atomic mass is 16.5. The third-order valence-corrected chi connectivity index (χ3v) is 3.99. The molecule has 1 heterocycles. The minimum Gasteiger partial charge on any atom is -0.491 e. The quantitative estimate of drug-likeness (QED) is 0.904. The number of nitrogens with zero attached hydrogens (tertiary/aromatic N) is 1. The number of rotatable bonds is 5. The summed E-state index contributed by atoms with van der Waals surface area (Å²) in [6, 6.07) is 15.1. The van der Waals surface area contributed by atoms with Gasteiger partial charge < -0.3 is 19.7 Å². The van der Waals surface area contributed by atoms with Gasteiger partial charge in [0, 0.05) is 18.7 Å². The zero-order valence-corrected chi connectivity index (χ0v) is 14.7. The molecule has 1 aliphatic rings. The summed E-state index contributed by atoms with van der Waals surface area (Å²) in [5.74, 6) is 0.636. The Hall–Kier alpha value is -2.53. The second-order valence-corrected chi connectivity index (χ2v) is 6.26. The van der Waals surface area contributed by atoms with E-state index in [-0.39, 0.29) is 12.0 Å². The van der Waals surface area contributed by atoms with Crippen molar-refractivity contribution in [3.8, 4) is 5.75 Å². The van der Waals surface area contributed by atoms with E-state index in [0.717, 1.165) is 30.2 Å². The van der Waals surface area contributed by atoms with Gasteiger partial charge in [-0.05, 0) is 50.2 Å². The van der Waals surface area contributed by atoms with Gasteiger partial charge in [-0.1, -0.05) is 12.1 Å². The van der Waals surface area contributed by atoms with Gasteiger partial charge in [0.1, 0.15) is 5.75 Å². The molecule has 0 spiro atoms. The topological polar surface area (TPSA) is 50.8 Å². The molecular formula is C20H24N2O3. The van der Waals surface area contributed by atoms with Crippen LogP contribution in [-0.2, 0) is 4.74 Å². The fourth-order valence-electron chi connectivity index (χ4n) is 2.81. The third kappa shape index (κ3) is 4.51. The van der Waals surface area contributed by atoms with E-state index in [4.69, 9.17) is 9.47 Å². The Labute approximate surface area is 148 Å². The highest BCUT2D eigenvalue weighted by Gasteiger charge is 2.16. The molecule has 132 valence electrons. The van der Waals surface area contributed by atoms with Crippen molar-refractivity contribution in [2.45, 2.75) is 20.0 Å². The van der Waals surface area contributed by atoms with Crippen LogP contribution < -0.4 is 15.0 Å². The molecule has 1 N–H and O–H groups in total. The maximum atomic E-state index is 12.6. The summed E-state index contributed by atoms with van der Waals surface area (Å²) in [6.45, 7) is 7.02. The Kier molecular flexibility index (Phi) is 5.56. The predicted octanol–water partition coefficient (Wildman–Crippen LogP) is 3.56. The largest absolute Gasteiger partial charge is 0.491 e. The van der Waals surface area contributed by atoms with E-state index < -0.39 is 0 Å². The molecule has 5 heteroatoms.